The number of aliphatic hydroxyl groups is 2. The summed E-state index contributed by atoms with van der Waals surface area (Å²) in [4.78, 5) is 55.3. The van der Waals surface area contributed by atoms with E-state index >= 15 is 0 Å². The van der Waals surface area contributed by atoms with E-state index in [1.54, 1.807) is 0 Å². The van der Waals surface area contributed by atoms with Crippen LogP contribution in [-0.2, 0) is 18.6 Å². The molecule has 16 nitrogen and oxygen atoms in total. The number of fused-ring (bicyclic) bond motifs is 3. The first kappa shape index (κ1) is 29.8. The number of carbonyl (C=O) groups is 1. The predicted octanol–water partition coefficient (Wildman–Crippen LogP) is 1.07. The largest absolute Gasteiger partial charge is 0.446 e. The Balaban J connectivity index is 1.28. The number of aliphatic hydroxyl groups excluding tert-OH is 2. The van der Waals surface area contributed by atoms with Gasteiger partial charge in [-0.05, 0) is 37.9 Å². The molecule has 1 amide bonds. The van der Waals surface area contributed by atoms with Gasteiger partial charge in [0, 0.05) is 31.1 Å². The van der Waals surface area contributed by atoms with Crippen molar-refractivity contribution in [1.82, 2.24) is 24.4 Å². The van der Waals surface area contributed by atoms with Crippen molar-refractivity contribution in [3.05, 3.63) is 11.6 Å². The molecule has 0 saturated carbocycles. The van der Waals surface area contributed by atoms with Crippen LogP contribution < -0.4 is 5.32 Å². The topological polar surface area (TPSA) is 230 Å². The van der Waals surface area contributed by atoms with E-state index in [0.29, 0.717) is 12.1 Å². The van der Waals surface area contributed by atoms with Gasteiger partial charge >= 0.3 is 13.7 Å². The zero-order valence-corrected chi connectivity index (χ0v) is 23.9. The third-order valence-electron chi connectivity index (χ3n) is 7.72. The van der Waals surface area contributed by atoms with Crippen LogP contribution in [0.2, 0.25) is 5.28 Å². The summed E-state index contributed by atoms with van der Waals surface area (Å²) < 4.78 is 35.9. The number of anilines is 1. The Bertz CT molecular complexity index is 1360. The van der Waals surface area contributed by atoms with Gasteiger partial charge in [0.25, 0.3) is 0 Å². The molecule has 2 bridgehead atoms. The Morgan fingerprint density at radius 1 is 1.18 bits per heavy atom. The van der Waals surface area contributed by atoms with Gasteiger partial charge in [-0.1, -0.05) is 0 Å². The maximum Gasteiger partial charge on any atom is 0.413 e. The van der Waals surface area contributed by atoms with Crippen molar-refractivity contribution >= 4 is 49.6 Å². The SMILES string of the molecule is CN1[C@@H]2CC[C@H]1C[C@@H](OC(=O)Nc1nc(Cl)nc3c1ncn3[C@@H]1O[C@H](CCP(=O)(O)CP(=O)(O)O)C(O)C1O)C2. The first-order valence-corrected chi connectivity index (χ1v) is 16.9. The summed E-state index contributed by atoms with van der Waals surface area (Å²) in [6, 6.07) is 0.750. The van der Waals surface area contributed by atoms with Crippen LogP contribution in [0.1, 0.15) is 38.3 Å². The Morgan fingerprint density at radius 2 is 1.85 bits per heavy atom. The molecule has 0 spiro atoms. The first-order chi connectivity index (χ1) is 18.7. The molecular formula is C21H31ClN6O10P2. The maximum atomic E-state index is 12.7. The number of aromatic nitrogens is 4. The highest BCUT2D eigenvalue weighted by Crippen LogP contribution is 2.55. The van der Waals surface area contributed by atoms with E-state index in [9.17, 15) is 29.0 Å². The number of halogens is 1. The van der Waals surface area contributed by atoms with E-state index in [-0.39, 0.29) is 34.8 Å². The number of nitrogens with zero attached hydrogens (tertiary/aromatic N) is 5. The fourth-order valence-electron chi connectivity index (χ4n) is 5.78. The number of hydrogen-bond donors (Lipinski definition) is 6. The van der Waals surface area contributed by atoms with Crippen molar-refractivity contribution in [1.29, 1.82) is 0 Å². The van der Waals surface area contributed by atoms with Crippen molar-refractivity contribution in [3.63, 3.8) is 0 Å². The summed E-state index contributed by atoms with van der Waals surface area (Å²) in [5.41, 5.74) is 0.180. The normalized spacial score (nSPS) is 32.3. The van der Waals surface area contributed by atoms with Crippen molar-refractivity contribution in [2.45, 2.75) is 74.8 Å². The number of rotatable bonds is 8. The Hall–Kier alpha value is -1.71. The van der Waals surface area contributed by atoms with E-state index in [2.05, 4.69) is 32.2 Å². The van der Waals surface area contributed by atoms with Gasteiger partial charge in [0.2, 0.25) is 12.7 Å². The van der Waals surface area contributed by atoms with Crippen LogP contribution in [-0.4, -0.2) is 111 Å². The van der Waals surface area contributed by atoms with Gasteiger partial charge in [-0.2, -0.15) is 9.97 Å². The van der Waals surface area contributed by atoms with Crippen molar-refractivity contribution < 1.29 is 48.3 Å². The molecular weight excluding hydrogens is 594 g/mol. The number of carbonyl (C=O) groups excluding carboxylic acids is 1. The minimum absolute atomic E-state index is 0.0297. The van der Waals surface area contributed by atoms with E-state index in [0.717, 1.165) is 25.7 Å². The number of nitrogens with one attached hydrogen (secondary N) is 1. The monoisotopic (exact) mass is 624 g/mol. The lowest BCUT2D eigenvalue weighted by Crippen LogP contribution is -2.43. The first-order valence-electron chi connectivity index (χ1n) is 12.7. The number of piperidine rings is 1. The van der Waals surface area contributed by atoms with Gasteiger partial charge in [0.05, 0.1) is 12.4 Å². The molecule has 3 aliphatic heterocycles. The average molecular weight is 625 g/mol. The average Bonchev–Trinajstić information content (AvgIpc) is 3.42. The molecule has 5 heterocycles. The predicted molar refractivity (Wildman–Crippen MR) is 140 cm³/mol. The smallest absolute Gasteiger partial charge is 0.413 e. The van der Waals surface area contributed by atoms with E-state index < -0.39 is 57.7 Å². The highest BCUT2D eigenvalue weighted by molar-refractivity contribution is 7.72. The van der Waals surface area contributed by atoms with Gasteiger partial charge in [-0.3, -0.25) is 19.0 Å². The Morgan fingerprint density at radius 3 is 2.50 bits per heavy atom. The van der Waals surface area contributed by atoms with Gasteiger partial charge < -0.3 is 39.3 Å². The minimum atomic E-state index is -4.74. The standard InChI is InChI=1S/C21H31ClN6O10P2/c1-27-10-2-3-11(27)7-12(6-10)37-21(31)25-17-14-18(26-20(22)24-17)28(8-23-14)19-16(30)15(29)13(38-19)4-5-39(32,33)9-40(34,35)36/h8,10-13,15-16,19,29-30H,2-7,9H2,1H3,(H,32,33)(H2,34,35,36)(H,24,25,26,31)/t10-,11+,12+,13-,15?,16?,19-/m1/s1. The maximum absolute atomic E-state index is 12.7. The Labute approximate surface area is 233 Å². The van der Waals surface area contributed by atoms with Crippen LogP contribution in [0.25, 0.3) is 11.2 Å². The number of imidazole rings is 1. The second kappa shape index (κ2) is 11.2. The van der Waals surface area contributed by atoms with E-state index in [4.69, 9.17) is 30.9 Å². The highest BCUT2D eigenvalue weighted by Gasteiger charge is 2.45. The Kier molecular flexibility index (Phi) is 8.32. The molecule has 6 N–H and O–H groups in total. The summed E-state index contributed by atoms with van der Waals surface area (Å²) in [6.45, 7) is 0. The molecule has 2 aromatic heterocycles. The summed E-state index contributed by atoms with van der Waals surface area (Å²) in [7, 11) is -6.88. The summed E-state index contributed by atoms with van der Waals surface area (Å²) in [5.74, 6) is -1.23. The van der Waals surface area contributed by atoms with Crippen LogP contribution in [0, 0.1) is 0 Å². The van der Waals surface area contributed by atoms with Crippen molar-refractivity contribution in [3.8, 4) is 0 Å². The molecule has 2 aromatic rings. The molecule has 3 fully saturated rings. The lowest BCUT2D eigenvalue weighted by Gasteiger charge is -2.35. The summed E-state index contributed by atoms with van der Waals surface area (Å²) >= 11 is 6.11. The van der Waals surface area contributed by atoms with E-state index in [1.165, 1.54) is 10.9 Å². The van der Waals surface area contributed by atoms with Gasteiger partial charge in [-0.25, -0.2) is 9.78 Å². The molecule has 40 heavy (non-hydrogen) atoms. The number of amides is 1. The molecule has 5 rings (SSSR count). The quantitative estimate of drug-likeness (QED) is 0.178. The lowest BCUT2D eigenvalue weighted by molar-refractivity contribution is -0.0354. The van der Waals surface area contributed by atoms with Gasteiger partial charge in [-0.15, -0.1) is 0 Å². The number of ether oxygens (including phenoxy) is 2. The molecule has 0 radical (unpaired) electrons. The van der Waals surface area contributed by atoms with Crippen molar-refractivity contribution in [2.75, 3.05) is 24.4 Å². The van der Waals surface area contributed by atoms with Crippen molar-refractivity contribution in [2.24, 2.45) is 0 Å². The zero-order valence-electron chi connectivity index (χ0n) is 21.4. The van der Waals surface area contributed by atoms with Gasteiger partial charge in [0.15, 0.2) is 23.2 Å². The van der Waals surface area contributed by atoms with Crippen LogP contribution in [0.5, 0.6) is 0 Å². The fraction of sp³-hybridized carbons (Fsp3) is 0.714. The number of hydrogen-bond acceptors (Lipinski definition) is 11. The third-order valence-corrected chi connectivity index (χ3v) is 12.1. The molecule has 3 unspecified atom stereocenters. The molecule has 3 saturated heterocycles. The second-order valence-electron chi connectivity index (χ2n) is 10.6. The van der Waals surface area contributed by atoms with Crippen LogP contribution >= 0.6 is 26.6 Å². The molecule has 0 aliphatic carbocycles. The summed E-state index contributed by atoms with van der Waals surface area (Å²) in [6.07, 6.45) is -2.31. The van der Waals surface area contributed by atoms with Crippen LogP contribution in [0.15, 0.2) is 6.33 Å². The van der Waals surface area contributed by atoms with Crippen LogP contribution in [0.3, 0.4) is 0 Å². The molecule has 0 aromatic carbocycles. The van der Waals surface area contributed by atoms with E-state index in [1.807, 2.05) is 0 Å². The molecule has 8 atom stereocenters. The fourth-order valence-corrected chi connectivity index (χ4v) is 9.47. The second-order valence-corrected chi connectivity index (χ2v) is 15.5. The third kappa shape index (κ3) is 6.36. The zero-order chi connectivity index (χ0) is 29.0. The van der Waals surface area contributed by atoms with Crippen LogP contribution in [0.4, 0.5) is 10.6 Å². The molecule has 3 aliphatic rings. The molecule has 19 heteroatoms. The molecule has 222 valence electrons. The van der Waals surface area contributed by atoms with Gasteiger partial charge in [0.1, 0.15) is 24.2 Å². The highest BCUT2D eigenvalue weighted by atomic mass is 35.5. The minimum Gasteiger partial charge on any atom is -0.446 e. The summed E-state index contributed by atoms with van der Waals surface area (Å²) in [5, 5.41) is 23.5. The lowest BCUT2D eigenvalue weighted by atomic mass is 10.0.